The maximum absolute atomic E-state index is 11.8. The third-order valence-electron chi connectivity index (χ3n) is 6.68. The molecule has 1 aromatic carbocycles. The highest BCUT2D eigenvalue weighted by Gasteiger charge is 2.34. The van der Waals surface area contributed by atoms with E-state index in [1.807, 2.05) is 22.5 Å². The highest BCUT2D eigenvalue weighted by atomic mass is 35.5. The van der Waals surface area contributed by atoms with Crippen molar-refractivity contribution < 1.29 is 8.95 Å². The van der Waals surface area contributed by atoms with E-state index in [1.165, 1.54) is 0 Å². The Balaban J connectivity index is 1.19. The second kappa shape index (κ2) is 9.18. The van der Waals surface area contributed by atoms with E-state index < -0.39 is 11.0 Å². The molecule has 5 heterocycles. The van der Waals surface area contributed by atoms with Crippen molar-refractivity contribution in [2.45, 2.75) is 32.2 Å². The van der Waals surface area contributed by atoms with Crippen molar-refractivity contribution in [1.29, 1.82) is 0 Å². The monoisotopic (exact) mass is 531 g/mol. The molecule has 1 fully saturated rings. The molecule has 2 N–H and O–H groups in total. The van der Waals surface area contributed by atoms with Crippen molar-refractivity contribution in [3.8, 4) is 17.3 Å². The van der Waals surface area contributed by atoms with Crippen LogP contribution in [0.3, 0.4) is 0 Å². The van der Waals surface area contributed by atoms with Gasteiger partial charge in [0.1, 0.15) is 18.1 Å². The highest BCUT2D eigenvalue weighted by molar-refractivity contribution is 7.81. The summed E-state index contributed by atoms with van der Waals surface area (Å²) in [6.45, 7) is 3.53. The number of nitrogens with one attached hydrogen (secondary N) is 2. The van der Waals surface area contributed by atoms with Crippen LogP contribution in [0.5, 0.6) is 5.75 Å². The number of nitrogens with zero attached hydrogens (tertiary/aromatic N) is 5. The lowest BCUT2D eigenvalue weighted by Crippen LogP contribution is -2.34. The van der Waals surface area contributed by atoms with Gasteiger partial charge in [-0.1, -0.05) is 23.2 Å². The summed E-state index contributed by atoms with van der Waals surface area (Å²) in [6, 6.07) is 6.15. The summed E-state index contributed by atoms with van der Waals surface area (Å²) in [5, 5.41) is 9.44. The SMILES string of the molecule is CS(=O)N1CCC(N2Cc3nc(-c4n[nH]c5ccc(OCc6c(Cl)cncc6Cl)cc45)[nH]c3C2)C1. The van der Waals surface area contributed by atoms with Gasteiger partial charge < -0.3 is 9.72 Å². The number of hydrogen-bond acceptors (Lipinski definition) is 6. The molecule has 35 heavy (non-hydrogen) atoms. The summed E-state index contributed by atoms with van der Waals surface area (Å²) in [4.78, 5) is 14.7. The van der Waals surface area contributed by atoms with Crippen molar-refractivity contribution in [2.24, 2.45) is 0 Å². The fourth-order valence-electron chi connectivity index (χ4n) is 4.77. The van der Waals surface area contributed by atoms with Crippen LogP contribution in [0.2, 0.25) is 10.0 Å². The Bertz CT molecular complexity index is 1400. The minimum atomic E-state index is -0.912. The number of H-pyrrole nitrogens is 2. The molecule has 2 unspecified atom stereocenters. The van der Waals surface area contributed by atoms with Gasteiger partial charge in [0.15, 0.2) is 5.82 Å². The maximum Gasteiger partial charge on any atom is 0.159 e. The molecule has 0 radical (unpaired) electrons. The van der Waals surface area contributed by atoms with Crippen LogP contribution < -0.4 is 4.74 Å². The molecule has 182 valence electrons. The lowest BCUT2D eigenvalue weighted by Gasteiger charge is -2.23. The first-order valence-electron chi connectivity index (χ1n) is 11.3. The molecule has 1 saturated heterocycles. The Hall–Kier alpha value is -2.50. The first-order chi connectivity index (χ1) is 17.0. The quantitative estimate of drug-likeness (QED) is 0.390. The zero-order valence-electron chi connectivity index (χ0n) is 18.9. The van der Waals surface area contributed by atoms with Crippen LogP contribution in [0.15, 0.2) is 30.6 Å². The summed E-state index contributed by atoms with van der Waals surface area (Å²) in [5.74, 6) is 1.41. The number of imidazole rings is 1. The third-order valence-corrected chi connectivity index (χ3v) is 8.39. The zero-order chi connectivity index (χ0) is 24.1. The van der Waals surface area contributed by atoms with E-state index in [0.29, 0.717) is 27.4 Å². The summed E-state index contributed by atoms with van der Waals surface area (Å²) in [5.41, 5.74) is 4.49. The Kier molecular flexibility index (Phi) is 6.01. The van der Waals surface area contributed by atoms with Gasteiger partial charge in [-0.05, 0) is 24.6 Å². The first-order valence-corrected chi connectivity index (χ1v) is 13.5. The third kappa shape index (κ3) is 4.34. The predicted molar refractivity (Wildman–Crippen MR) is 136 cm³/mol. The Labute approximate surface area is 214 Å². The van der Waals surface area contributed by atoms with E-state index in [0.717, 1.165) is 66.4 Å². The van der Waals surface area contributed by atoms with Crippen molar-refractivity contribution >= 4 is 45.1 Å². The Morgan fingerprint density at radius 3 is 2.80 bits per heavy atom. The number of aromatic amines is 2. The number of hydrogen-bond donors (Lipinski definition) is 2. The lowest BCUT2D eigenvalue weighted by molar-refractivity contribution is 0.204. The summed E-state index contributed by atoms with van der Waals surface area (Å²) in [6.07, 6.45) is 5.87. The van der Waals surface area contributed by atoms with E-state index in [2.05, 4.69) is 25.1 Å². The summed E-state index contributed by atoms with van der Waals surface area (Å²) >= 11 is 12.4. The number of aromatic nitrogens is 5. The van der Waals surface area contributed by atoms with E-state index in [9.17, 15) is 4.21 Å². The molecular formula is C23H23Cl2N7O2S. The Morgan fingerprint density at radius 2 is 2.06 bits per heavy atom. The van der Waals surface area contributed by atoms with Crippen LogP contribution in [-0.4, -0.2) is 64.0 Å². The molecule has 2 aliphatic heterocycles. The van der Waals surface area contributed by atoms with Crippen LogP contribution >= 0.6 is 23.2 Å². The first kappa shape index (κ1) is 22.9. The zero-order valence-corrected chi connectivity index (χ0v) is 21.3. The number of rotatable bonds is 6. The predicted octanol–water partition coefficient (Wildman–Crippen LogP) is 3.92. The lowest BCUT2D eigenvalue weighted by atomic mass is 10.2. The van der Waals surface area contributed by atoms with Gasteiger partial charge in [0.2, 0.25) is 0 Å². The molecule has 12 heteroatoms. The molecule has 0 bridgehead atoms. The van der Waals surface area contributed by atoms with Gasteiger partial charge in [0.05, 0.1) is 37.9 Å². The van der Waals surface area contributed by atoms with Crippen molar-refractivity contribution in [3.63, 3.8) is 0 Å². The second-order valence-electron chi connectivity index (χ2n) is 8.82. The van der Waals surface area contributed by atoms with Gasteiger partial charge >= 0.3 is 0 Å². The van der Waals surface area contributed by atoms with Crippen LogP contribution in [-0.2, 0) is 30.7 Å². The van der Waals surface area contributed by atoms with E-state index >= 15 is 0 Å². The standard InChI is InChI=1S/C23H23Cl2N7O2S/c1-35(33)32-5-4-13(9-32)31-10-20-21(11-31)28-23(27-20)22-15-6-14(2-3-19(15)29-30-22)34-12-16-17(24)7-26-8-18(16)25/h2-3,6-8,13H,4-5,9-12H2,1H3,(H,27,28)(H,29,30). The second-order valence-corrected chi connectivity index (χ2v) is 11.0. The average Bonchev–Trinajstić information content (AvgIpc) is 3.59. The van der Waals surface area contributed by atoms with Gasteiger partial charge in [-0.15, -0.1) is 0 Å². The van der Waals surface area contributed by atoms with Crippen LogP contribution in [0.4, 0.5) is 0 Å². The van der Waals surface area contributed by atoms with Crippen molar-refractivity contribution in [2.75, 3.05) is 19.3 Å². The van der Waals surface area contributed by atoms with Gasteiger partial charge in [-0.25, -0.2) is 13.5 Å². The summed E-state index contributed by atoms with van der Waals surface area (Å²) < 4.78 is 19.8. The molecule has 2 atom stereocenters. The molecule has 4 aromatic rings. The number of benzene rings is 1. The molecule has 6 rings (SSSR count). The molecular weight excluding hydrogens is 509 g/mol. The number of pyridine rings is 1. The van der Waals surface area contributed by atoms with E-state index in [4.69, 9.17) is 32.9 Å². The molecule has 3 aromatic heterocycles. The van der Waals surface area contributed by atoms with Crippen LogP contribution in [0.1, 0.15) is 23.4 Å². The van der Waals surface area contributed by atoms with Gasteiger partial charge in [-0.3, -0.25) is 15.0 Å². The minimum Gasteiger partial charge on any atom is -0.489 e. The fourth-order valence-corrected chi connectivity index (χ4v) is 5.98. The molecule has 0 amide bonds. The molecule has 9 nitrogen and oxygen atoms in total. The number of ether oxygens (including phenoxy) is 1. The largest absolute Gasteiger partial charge is 0.489 e. The van der Waals surface area contributed by atoms with E-state index in [-0.39, 0.29) is 6.61 Å². The molecule has 0 aliphatic carbocycles. The smallest absolute Gasteiger partial charge is 0.159 e. The van der Waals surface area contributed by atoms with E-state index in [1.54, 1.807) is 18.6 Å². The number of halogens is 2. The van der Waals surface area contributed by atoms with Crippen molar-refractivity contribution in [1.82, 2.24) is 34.4 Å². The van der Waals surface area contributed by atoms with Gasteiger partial charge in [0.25, 0.3) is 0 Å². The molecule has 0 saturated carbocycles. The average molecular weight is 532 g/mol. The molecule has 0 spiro atoms. The number of fused-ring (bicyclic) bond motifs is 2. The highest BCUT2D eigenvalue weighted by Crippen LogP contribution is 2.33. The van der Waals surface area contributed by atoms with Crippen LogP contribution in [0.25, 0.3) is 22.4 Å². The van der Waals surface area contributed by atoms with Gasteiger partial charge in [-0.2, -0.15) is 5.10 Å². The molecule has 2 aliphatic rings. The van der Waals surface area contributed by atoms with Crippen molar-refractivity contribution in [3.05, 3.63) is 57.6 Å². The van der Waals surface area contributed by atoms with Crippen LogP contribution in [0, 0.1) is 0 Å². The summed E-state index contributed by atoms with van der Waals surface area (Å²) in [7, 11) is -0.912. The normalized spacial score (nSPS) is 19.5. The topological polar surface area (TPSA) is 103 Å². The fraction of sp³-hybridized carbons (Fsp3) is 0.348. The minimum absolute atomic E-state index is 0.230. The van der Waals surface area contributed by atoms with Gasteiger partial charge in [0, 0.05) is 61.8 Å². The maximum atomic E-state index is 11.8. The Morgan fingerprint density at radius 1 is 1.23 bits per heavy atom.